The van der Waals surface area contributed by atoms with Gasteiger partial charge in [-0.2, -0.15) is 0 Å². The molecular weight excluding hydrogens is 434 g/mol. The molecule has 3 aromatic rings. The zero-order valence-electron chi connectivity index (χ0n) is 18.6. The molecule has 3 aromatic carbocycles. The van der Waals surface area contributed by atoms with Crippen molar-refractivity contribution < 1.29 is 19.1 Å². The fourth-order valence-corrected chi connectivity index (χ4v) is 4.45. The number of aryl methyl sites for hydroxylation is 1. The molecule has 0 saturated carbocycles. The second-order valence-corrected chi connectivity index (χ2v) is 8.75. The van der Waals surface area contributed by atoms with Crippen LogP contribution >= 0.6 is 11.8 Å². The summed E-state index contributed by atoms with van der Waals surface area (Å²) >= 11 is 0.965. The van der Waals surface area contributed by atoms with Crippen LogP contribution in [0.15, 0.2) is 77.7 Å². The predicted molar refractivity (Wildman–Crippen MR) is 131 cm³/mol. The van der Waals surface area contributed by atoms with Gasteiger partial charge in [-0.3, -0.25) is 14.5 Å². The minimum absolute atomic E-state index is 0.243. The third-order valence-electron chi connectivity index (χ3n) is 5.30. The normalized spacial score (nSPS) is 14.7. The zero-order chi connectivity index (χ0) is 23.2. The van der Waals surface area contributed by atoms with E-state index in [0.29, 0.717) is 36.0 Å². The minimum Gasteiger partial charge on any atom is -0.493 e. The fourth-order valence-electron chi connectivity index (χ4n) is 3.59. The number of carbonyl (C=O) groups is 2. The zero-order valence-corrected chi connectivity index (χ0v) is 19.4. The molecule has 0 aromatic heterocycles. The Balaban J connectivity index is 1.44. The van der Waals surface area contributed by atoms with Gasteiger partial charge in [0.25, 0.3) is 11.1 Å². The third-order valence-corrected chi connectivity index (χ3v) is 6.21. The van der Waals surface area contributed by atoms with Crippen LogP contribution in [0.5, 0.6) is 11.5 Å². The van der Waals surface area contributed by atoms with Crippen molar-refractivity contribution in [3.63, 3.8) is 0 Å². The summed E-state index contributed by atoms with van der Waals surface area (Å²) in [5.74, 6) is 0.923. The maximum Gasteiger partial charge on any atom is 0.293 e. The molecule has 0 spiro atoms. The van der Waals surface area contributed by atoms with Gasteiger partial charge < -0.3 is 9.47 Å². The molecule has 1 saturated heterocycles. The Kier molecular flexibility index (Phi) is 7.15. The summed E-state index contributed by atoms with van der Waals surface area (Å²) in [5, 5.41) is -0.243. The van der Waals surface area contributed by atoms with Gasteiger partial charge in [0.2, 0.25) is 0 Å². The van der Waals surface area contributed by atoms with E-state index in [9.17, 15) is 9.59 Å². The van der Waals surface area contributed by atoms with E-state index in [1.807, 2.05) is 73.7 Å². The van der Waals surface area contributed by atoms with Crippen LogP contribution in [0.4, 0.5) is 4.79 Å². The Morgan fingerprint density at radius 3 is 2.45 bits per heavy atom. The van der Waals surface area contributed by atoms with Crippen molar-refractivity contribution in [3.8, 4) is 11.5 Å². The first kappa shape index (κ1) is 22.7. The summed E-state index contributed by atoms with van der Waals surface area (Å²) in [6.45, 7) is 2.83. The minimum atomic E-state index is -0.264. The van der Waals surface area contributed by atoms with Crippen LogP contribution in [0.2, 0.25) is 0 Å². The van der Waals surface area contributed by atoms with Gasteiger partial charge in [-0.1, -0.05) is 66.2 Å². The lowest BCUT2D eigenvalue weighted by Crippen LogP contribution is -2.30. The molecule has 0 atom stereocenters. The molecule has 33 heavy (non-hydrogen) atoms. The fraction of sp³-hybridized carbons (Fsp3) is 0.185. The molecule has 1 aliphatic rings. The number of benzene rings is 3. The van der Waals surface area contributed by atoms with Crippen molar-refractivity contribution in [1.82, 2.24) is 4.90 Å². The highest BCUT2D eigenvalue weighted by Gasteiger charge is 2.34. The molecule has 1 aliphatic heterocycles. The summed E-state index contributed by atoms with van der Waals surface area (Å²) in [4.78, 5) is 26.9. The molecule has 5 nitrogen and oxygen atoms in total. The van der Waals surface area contributed by atoms with Gasteiger partial charge in [0.15, 0.2) is 11.5 Å². The number of amides is 2. The van der Waals surface area contributed by atoms with Crippen LogP contribution in [-0.2, 0) is 17.8 Å². The van der Waals surface area contributed by atoms with Crippen LogP contribution < -0.4 is 9.47 Å². The number of thioether (sulfide) groups is 1. The number of ether oxygens (including phenoxy) is 2. The number of nitrogens with zero attached hydrogens (tertiary/aromatic N) is 1. The standard InChI is InChI=1S/C27H25NO4S/c1-19-7-6-10-22(15-19)18-32-23-12-11-21(16-24(23)31-2)17-25-26(29)28(27(30)33-25)14-13-20-8-4-3-5-9-20/h3-12,15-17H,13-14,18H2,1-2H3/b25-17-. The second-order valence-electron chi connectivity index (χ2n) is 7.76. The van der Waals surface area contributed by atoms with E-state index in [1.165, 1.54) is 10.5 Å². The van der Waals surface area contributed by atoms with Gasteiger partial charge in [-0.15, -0.1) is 0 Å². The Morgan fingerprint density at radius 2 is 1.70 bits per heavy atom. The Hall–Kier alpha value is -3.51. The second kappa shape index (κ2) is 10.4. The third kappa shape index (κ3) is 5.65. The molecule has 0 radical (unpaired) electrons. The maximum absolute atomic E-state index is 12.8. The van der Waals surface area contributed by atoms with Gasteiger partial charge in [-0.25, -0.2) is 0 Å². The predicted octanol–water partition coefficient (Wildman–Crippen LogP) is 5.86. The van der Waals surface area contributed by atoms with Crippen LogP contribution in [0.25, 0.3) is 6.08 Å². The van der Waals surface area contributed by atoms with Crippen LogP contribution in [-0.4, -0.2) is 29.7 Å². The van der Waals surface area contributed by atoms with Crippen molar-refractivity contribution in [1.29, 1.82) is 0 Å². The van der Waals surface area contributed by atoms with Gasteiger partial charge >= 0.3 is 0 Å². The van der Waals surface area contributed by atoms with Crippen molar-refractivity contribution >= 4 is 29.0 Å². The Bertz CT molecular complexity index is 1190. The summed E-state index contributed by atoms with van der Waals surface area (Å²) in [7, 11) is 1.58. The summed E-state index contributed by atoms with van der Waals surface area (Å²) in [6.07, 6.45) is 2.35. The number of rotatable bonds is 8. The topological polar surface area (TPSA) is 55.8 Å². The number of carbonyl (C=O) groups excluding carboxylic acids is 2. The highest BCUT2D eigenvalue weighted by Crippen LogP contribution is 2.35. The van der Waals surface area contributed by atoms with E-state index in [1.54, 1.807) is 13.2 Å². The lowest BCUT2D eigenvalue weighted by Gasteiger charge is -2.12. The maximum atomic E-state index is 12.8. The van der Waals surface area contributed by atoms with Gasteiger partial charge in [0, 0.05) is 6.54 Å². The molecule has 0 aliphatic carbocycles. The van der Waals surface area contributed by atoms with Gasteiger partial charge in [0.1, 0.15) is 6.61 Å². The van der Waals surface area contributed by atoms with Crippen LogP contribution in [0, 0.1) is 6.92 Å². The van der Waals surface area contributed by atoms with E-state index >= 15 is 0 Å². The average molecular weight is 460 g/mol. The largest absolute Gasteiger partial charge is 0.493 e. The molecule has 0 N–H and O–H groups in total. The molecule has 2 amide bonds. The molecule has 4 rings (SSSR count). The molecule has 0 bridgehead atoms. The van der Waals surface area contributed by atoms with E-state index in [-0.39, 0.29) is 11.1 Å². The van der Waals surface area contributed by atoms with Crippen molar-refractivity contribution in [3.05, 3.63) is 100.0 Å². The van der Waals surface area contributed by atoms with E-state index in [4.69, 9.17) is 9.47 Å². The van der Waals surface area contributed by atoms with Crippen LogP contribution in [0.3, 0.4) is 0 Å². The van der Waals surface area contributed by atoms with Crippen molar-refractivity contribution in [2.24, 2.45) is 0 Å². The van der Waals surface area contributed by atoms with Crippen molar-refractivity contribution in [2.45, 2.75) is 20.0 Å². The van der Waals surface area contributed by atoms with E-state index in [0.717, 1.165) is 28.5 Å². The first-order valence-corrected chi connectivity index (χ1v) is 11.5. The molecular formula is C27H25NO4S. The Labute approximate surface area is 198 Å². The lowest BCUT2D eigenvalue weighted by molar-refractivity contribution is -0.122. The molecule has 0 unspecified atom stereocenters. The molecule has 1 heterocycles. The Morgan fingerprint density at radius 1 is 0.909 bits per heavy atom. The van der Waals surface area contributed by atoms with Gasteiger partial charge in [0.05, 0.1) is 12.0 Å². The van der Waals surface area contributed by atoms with Gasteiger partial charge in [-0.05, 0) is 60.0 Å². The number of imide groups is 1. The highest BCUT2D eigenvalue weighted by atomic mass is 32.2. The van der Waals surface area contributed by atoms with Crippen LogP contribution in [0.1, 0.15) is 22.3 Å². The monoisotopic (exact) mass is 459 g/mol. The summed E-state index contributed by atoms with van der Waals surface area (Å²) < 4.78 is 11.4. The highest BCUT2D eigenvalue weighted by molar-refractivity contribution is 8.18. The van der Waals surface area contributed by atoms with E-state index in [2.05, 4.69) is 6.07 Å². The first-order valence-electron chi connectivity index (χ1n) is 10.7. The first-order chi connectivity index (χ1) is 16.0. The molecule has 168 valence electrons. The number of hydrogen-bond acceptors (Lipinski definition) is 5. The van der Waals surface area contributed by atoms with Crippen molar-refractivity contribution in [2.75, 3.05) is 13.7 Å². The summed E-state index contributed by atoms with van der Waals surface area (Å²) in [5.41, 5.74) is 4.11. The molecule has 1 fully saturated rings. The number of hydrogen-bond donors (Lipinski definition) is 0. The summed E-state index contributed by atoms with van der Waals surface area (Å²) in [6, 6.07) is 23.4. The molecule has 6 heteroatoms. The average Bonchev–Trinajstić information content (AvgIpc) is 3.09. The van der Waals surface area contributed by atoms with E-state index < -0.39 is 0 Å². The quantitative estimate of drug-likeness (QED) is 0.395. The smallest absolute Gasteiger partial charge is 0.293 e. The SMILES string of the molecule is COc1cc(/C=C2\SC(=O)N(CCc3ccccc3)C2=O)ccc1OCc1cccc(C)c1. The number of methoxy groups -OCH3 is 1. The lowest BCUT2D eigenvalue weighted by atomic mass is 10.1.